The van der Waals surface area contributed by atoms with Crippen LogP contribution in [0.3, 0.4) is 0 Å². The number of ketones is 1. The van der Waals surface area contributed by atoms with Crippen LogP contribution in [0.25, 0.3) is 10.9 Å². The van der Waals surface area contributed by atoms with Crippen molar-refractivity contribution >= 4 is 45.2 Å². The molecule has 0 aliphatic heterocycles. The van der Waals surface area contributed by atoms with E-state index in [-0.39, 0.29) is 5.78 Å². The summed E-state index contributed by atoms with van der Waals surface area (Å²) in [4.78, 5) is 27.9. The highest BCUT2D eigenvalue weighted by atomic mass is 127. The first kappa shape index (κ1) is 15.7. The monoisotopic (exact) mass is 419 g/mol. The summed E-state index contributed by atoms with van der Waals surface area (Å²) in [7, 11) is 0. The zero-order chi connectivity index (χ0) is 16.4. The Balaban J connectivity index is 1.80. The first-order valence-electron chi connectivity index (χ1n) is 7.14. The average molecular weight is 419 g/mol. The van der Waals surface area contributed by atoms with E-state index in [4.69, 9.17) is 4.74 Å². The molecule has 1 atom stereocenters. The third kappa shape index (κ3) is 3.14. The van der Waals surface area contributed by atoms with Crippen LogP contribution in [0, 0.1) is 3.57 Å². The number of hydrogen-bond acceptors (Lipinski definition) is 3. The van der Waals surface area contributed by atoms with Gasteiger partial charge in [0.05, 0.1) is 5.56 Å². The molecule has 0 fully saturated rings. The number of benzene rings is 2. The van der Waals surface area contributed by atoms with Gasteiger partial charge >= 0.3 is 5.97 Å². The molecule has 1 unspecified atom stereocenters. The van der Waals surface area contributed by atoms with Gasteiger partial charge in [0.25, 0.3) is 0 Å². The molecule has 0 bridgehead atoms. The Morgan fingerprint density at radius 2 is 1.74 bits per heavy atom. The number of aromatic amines is 1. The second-order valence-electron chi connectivity index (χ2n) is 5.14. The molecule has 0 spiro atoms. The van der Waals surface area contributed by atoms with E-state index >= 15 is 0 Å². The van der Waals surface area contributed by atoms with Gasteiger partial charge in [-0.3, -0.25) is 4.79 Å². The topological polar surface area (TPSA) is 59.2 Å². The van der Waals surface area contributed by atoms with E-state index in [1.165, 1.54) is 0 Å². The number of carbonyl (C=O) groups is 2. The van der Waals surface area contributed by atoms with Crippen LogP contribution in [0.1, 0.15) is 27.6 Å². The number of hydrogen-bond donors (Lipinski definition) is 1. The standard InChI is InChI=1S/C18H14INO3/c1-11(23-18(22)13-7-2-4-8-15(13)19)17(21)14-10-20-16-9-5-3-6-12(14)16/h2-11,20H,1H3. The van der Waals surface area contributed by atoms with Crippen molar-refractivity contribution in [2.45, 2.75) is 13.0 Å². The summed E-state index contributed by atoms with van der Waals surface area (Å²) in [6, 6.07) is 14.7. The minimum Gasteiger partial charge on any atom is -0.451 e. The van der Waals surface area contributed by atoms with Crippen LogP contribution >= 0.6 is 22.6 Å². The smallest absolute Gasteiger partial charge is 0.339 e. The Morgan fingerprint density at radius 3 is 2.52 bits per heavy atom. The van der Waals surface area contributed by atoms with Gasteiger partial charge in [-0.15, -0.1) is 0 Å². The first-order valence-corrected chi connectivity index (χ1v) is 8.21. The first-order chi connectivity index (χ1) is 11.1. The number of Topliss-reactive ketones (excluding diaryl/α,β-unsaturated/α-hetero) is 1. The molecule has 4 nitrogen and oxygen atoms in total. The molecule has 0 amide bonds. The summed E-state index contributed by atoms with van der Waals surface area (Å²) in [5, 5.41) is 0.828. The van der Waals surface area contributed by atoms with Crippen LogP contribution in [-0.4, -0.2) is 22.8 Å². The van der Waals surface area contributed by atoms with E-state index in [9.17, 15) is 9.59 Å². The molecule has 2 aromatic carbocycles. The molecule has 3 aromatic rings. The number of nitrogens with one attached hydrogen (secondary N) is 1. The third-order valence-electron chi connectivity index (χ3n) is 3.60. The lowest BCUT2D eigenvalue weighted by molar-refractivity contribution is 0.0318. The maximum absolute atomic E-state index is 12.6. The fraction of sp³-hybridized carbons (Fsp3) is 0.111. The number of H-pyrrole nitrogens is 1. The van der Waals surface area contributed by atoms with Crippen LogP contribution in [0.4, 0.5) is 0 Å². The molecular formula is C18H14INO3. The average Bonchev–Trinajstić information content (AvgIpc) is 2.98. The molecule has 1 heterocycles. The van der Waals surface area contributed by atoms with Gasteiger partial charge in [-0.2, -0.15) is 0 Å². The van der Waals surface area contributed by atoms with Crippen molar-refractivity contribution in [2.24, 2.45) is 0 Å². The molecule has 0 saturated carbocycles. The van der Waals surface area contributed by atoms with Crippen LogP contribution in [0.15, 0.2) is 54.7 Å². The summed E-state index contributed by atoms with van der Waals surface area (Å²) >= 11 is 2.07. The van der Waals surface area contributed by atoms with Crippen molar-refractivity contribution in [2.75, 3.05) is 0 Å². The Morgan fingerprint density at radius 1 is 1.04 bits per heavy atom. The molecule has 3 rings (SSSR count). The van der Waals surface area contributed by atoms with E-state index in [1.807, 2.05) is 36.4 Å². The van der Waals surface area contributed by atoms with Gasteiger partial charge in [0.15, 0.2) is 6.10 Å². The fourth-order valence-electron chi connectivity index (χ4n) is 2.40. The third-order valence-corrected chi connectivity index (χ3v) is 4.54. The second kappa shape index (κ2) is 6.54. The van der Waals surface area contributed by atoms with Crippen molar-refractivity contribution in [3.05, 3.63) is 69.4 Å². The lowest BCUT2D eigenvalue weighted by Crippen LogP contribution is -2.24. The van der Waals surface area contributed by atoms with Gasteiger partial charge in [0.1, 0.15) is 0 Å². The zero-order valence-electron chi connectivity index (χ0n) is 12.4. The molecule has 1 N–H and O–H groups in total. The quantitative estimate of drug-likeness (QED) is 0.392. The molecule has 0 saturated heterocycles. The predicted octanol–water partition coefficient (Wildman–Crippen LogP) is 4.20. The van der Waals surface area contributed by atoms with Crippen molar-refractivity contribution in [1.29, 1.82) is 0 Å². The van der Waals surface area contributed by atoms with Gasteiger partial charge in [-0.1, -0.05) is 30.3 Å². The number of para-hydroxylation sites is 1. The van der Waals surface area contributed by atoms with Crippen LogP contribution in [0.5, 0.6) is 0 Å². The number of aromatic nitrogens is 1. The number of ether oxygens (including phenoxy) is 1. The molecule has 5 heteroatoms. The molecule has 23 heavy (non-hydrogen) atoms. The summed E-state index contributed by atoms with van der Waals surface area (Å²) in [6.45, 7) is 1.60. The SMILES string of the molecule is CC(OC(=O)c1ccccc1I)C(=O)c1c[nH]c2ccccc12. The van der Waals surface area contributed by atoms with Crippen LogP contribution in [0.2, 0.25) is 0 Å². The Labute approximate surface area is 147 Å². The molecular weight excluding hydrogens is 405 g/mol. The summed E-state index contributed by atoms with van der Waals surface area (Å²) in [5.41, 5.74) is 1.88. The van der Waals surface area contributed by atoms with Gasteiger partial charge in [-0.25, -0.2) is 4.79 Å². The van der Waals surface area contributed by atoms with E-state index in [0.29, 0.717) is 11.1 Å². The predicted molar refractivity (Wildman–Crippen MR) is 96.7 cm³/mol. The fourth-order valence-corrected chi connectivity index (χ4v) is 3.01. The molecule has 0 radical (unpaired) electrons. The van der Waals surface area contributed by atoms with E-state index in [0.717, 1.165) is 14.5 Å². The lowest BCUT2D eigenvalue weighted by atomic mass is 10.1. The minimum atomic E-state index is -0.849. The maximum atomic E-state index is 12.6. The highest BCUT2D eigenvalue weighted by Crippen LogP contribution is 2.21. The highest BCUT2D eigenvalue weighted by Gasteiger charge is 2.23. The summed E-state index contributed by atoms with van der Waals surface area (Å²) in [5.74, 6) is -0.711. The molecule has 1 aromatic heterocycles. The van der Waals surface area contributed by atoms with E-state index in [2.05, 4.69) is 27.6 Å². The Kier molecular flexibility index (Phi) is 4.47. The van der Waals surface area contributed by atoms with Crippen molar-refractivity contribution < 1.29 is 14.3 Å². The number of halogens is 1. The van der Waals surface area contributed by atoms with Gasteiger partial charge in [-0.05, 0) is 47.7 Å². The summed E-state index contributed by atoms with van der Waals surface area (Å²) < 4.78 is 6.14. The lowest BCUT2D eigenvalue weighted by Gasteiger charge is -2.12. The van der Waals surface area contributed by atoms with E-state index in [1.54, 1.807) is 25.3 Å². The minimum absolute atomic E-state index is 0.221. The normalized spacial score (nSPS) is 12.1. The number of esters is 1. The van der Waals surface area contributed by atoms with Gasteiger partial charge < -0.3 is 9.72 Å². The molecule has 0 aliphatic rings. The van der Waals surface area contributed by atoms with Gasteiger partial charge in [0, 0.05) is 26.2 Å². The second-order valence-corrected chi connectivity index (χ2v) is 6.30. The van der Waals surface area contributed by atoms with E-state index < -0.39 is 12.1 Å². The largest absolute Gasteiger partial charge is 0.451 e. The molecule has 116 valence electrons. The summed E-state index contributed by atoms with van der Waals surface area (Å²) in [6.07, 6.45) is 0.807. The van der Waals surface area contributed by atoms with Crippen LogP contribution in [-0.2, 0) is 4.74 Å². The maximum Gasteiger partial charge on any atom is 0.339 e. The molecule has 0 aliphatic carbocycles. The van der Waals surface area contributed by atoms with Crippen molar-refractivity contribution in [3.63, 3.8) is 0 Å². The van der Waals surface area contributed by atoms with Crippen molar-refractivity contribution in [1.82, 2.24) is 4.98 Å². The zero-order valence-corrected chi connectivity index (χ0v) is 14.5. The number of rotatable bonds is 4. The number of carbonyl (C=O) groups excluding carboxylic acids is 2. The number of fused-ring (bicyclic) bond motifs is 1. The Hall–Kier alpha value is -2.15. The van der Waals surface area contributed by atoms with Crippen molar-refractivity contribution in [3.8, 4) is 0 Å². The Bertz CT molecular complexity index is 885. The van der Waals surface area contributed by atoms with Crippen LogP contribution < -0.4 is 0 Å². The van der Waals surface area contributed by atoms with Gasteiger partial charge in [0.2, 0.25) is 5.78 Å². The highest BCUT2D eigenvalue weighted by molar-refractivity contribution is 14.1.